The predicted molar refractivity (Wildman–Crippen MR) is 118 cm³/mol. The molecule has 3 rings (SSSR count). The summed E-state index contributed by atoms with van der Waals surface area (Å²) in [5.74, 6) is -5.10. The molecule has 0 bridgehead atoms. The summed E-state index contributed by atoms with van der Waals surface area (Å²) in [6, 6.07) is 6.55. The van der Waals surface area contributed by atoms with E-state index in [1.54, 1.807) is 18.2 Å². The second-order valence-corrected chi connectivity index (χ2v) is 8.22. The fraction of sp³-hybridized carbons (Fsp3) is 0.227. The third-order valence-electron chi connectivity index (χ3n) is 4.58. The molecule has 3 aromatic rings. The highest BCUT2D eigenvalue weighted by Gasteiger charge is 2.23. The zero-order valence-corrected chi connectivity index (χ0v) is 18.9. The molecule has 0 radical (unpaired) electrons. The number of nitrogens with two attached hydrogens (primary N) is 1. The van der Waals surface area contributed by atoms with Crippen LogP contribution < -0.4 is 10.5 Å². The zero-order valence-electron chi connectivity index (χ0n) is 17.3. The van der Waals surface area contributed by atoms with Crippen molar-refractivity contribution in [1.29, 1.82) is 0 Å². The Hall–Kier alpha value is -3.24. The summed E-state index contributed by atoms with van der Waals surface area (Å²) in [5.41, 5.74) is 4.99. The lowest BCUT2D eigenvalue weighted by atomic mass is 10.1. The number of rotatable bonds is 9. The van der Waals surface area contributed by atoms with E-state index in [-0.39, 0.29) is 35.5 Å². The standard InChI is InChI=1S/C22H18ClF2NO6S/c1-30-17(27)6-3-7-31-22(29)20-12(18-13(23)4-2-5-16(18)33-20)10-32-19-14(24)8-11(21(26)28)9-15(19)25/h2,4-5,8-9H,3,6-7,10H2,1H3,(H2,26,28). The fourth-order valence-corrected chi connectivity index (χ4v) is 4.48. The van der Waals surface area contributed by atoms with Gasteiger partial charge in [-0.05, 0) is 30.7 Å². The van der Waals surface area contributed by atoms with E-state index in [1.807, 2.05) is 0 Å². The van der Waals surface area contributed by atoms with Crippen LogP contribution in [0.4, 0.5) is 8.78 Å². The molecule has 2 N–H and O–H groups in total. The molecule has 0 atom stereocenters. The minimum absolute atomic E-state index is 0.0337. The van der Waals surface area contributed by atoms with Gasteiger partial charge in [-0.15, -0.1) is 11.3 Å². The van der Waals surface area contributed by atoms with Crippen molar-refractivity contribution >= 4 is 50.9 Å². The molecular weight excluding hydrogens is 480 g/mol. The number of carbonyl (C=O) groups excluding carboxylic acids is 3. The van der Waals surface area contributed by atoms with Crippen LogP contribution in [-0.4, -0.2) is 31.6 Å². The Morgan fingerprint density at radius 2 is 1.85 bits per heavy atom. The highest BCUT2D eigenvalue weighted by atomic mass is 35.5. The maximum Gasteiger partial charge on any atom is 0.348 e. The largest absolute Gasteiger partial charge is 0.483 e. The molecule has 1 aromatic heterocycles. The van der Waals surface area contributed by atoms with E-state index in [2.05, 4.69) is 4.74 Å². The van der Waals surface area contributed by atoms with Crippen LogP contribution in [0.25, 0.3) is 10.1 Å². The number of hydrogen-bond acceptors (Lipinski definition) is 7. The summed E-state index contributed by atoms with van der Waals surface area (Å²) < 4.78 is 44.4. The Morgan fingerprint density at radius 3 is 2.48 bits per heavy atom. The molecule has 0 aliphatic rings. The summed E-state index contributed by atoms with van der Waals surface area (Å²) in [5, 5.41) is 0.803. The number of primary amides is 1. The monoisotopic (exact) mass is 497 g/mol. The quantitative estimate of drug-likeness (QED) is 0.341. The van der Waals surface area contributed by atoms with E-state index in [0.717, 1.165) is 23.5 Å². The minimum atomic E-state index is -1.12. The Labute approximate surface area is 196 Å². The summed E-state index contributed by atoms with van der Waals surface area (Å²) in [6.07, 6.45) is 0.344. The van der Waals surface area contributed by atoms with Crippen LogP contribution in [0.1, 0.15) is 38.4 Å². The Balaban J connectivity index is 1.87. The normalized spacial score (nSPS) is 10.8. The average Bonchev–Trinajstić information content (AvgIpc) is 3.15. The molecule has 0 saturated heterocycles. The molecule has 1 amide bonds. The SMILES string of the molecule is COC(=O)CCCOC(=O)c1sc2cccc(Cl)c2c1COc1c(F)cc(C(N)=O)cc1F. The number of thiophene rings is 1. The van der Waals surface area contributed by atoms with E-state index in [4.69, 9.17) is 26.8 Å². The van der Waals surface area contributed by atoms with E-state index >= 15 is 0 Å². The zero-order chi connectivity index (χ0) is 24.1. The van der Waals surface area contributed by atoms with Gasteiger partial charge in [0.25, 0.3) is 0 Å². The van der Waals surface area contributed by atoms with Gasteiger partial charge in [-0.2, -0.15) is 0 Å². The Morgan fingerprint density at radius 1 is 1.15 bits per heavy atom. The van der Waals surface area contributed by atoms with E-state index in [9.17, 15) is 23.2 Å². The van der Waals surface area contributed by atoms with Crippen LogP contribution in [0.2, 0.25) is 5.02 Å². The van der Waals surface area contributed by atoms with Crippen LogP contribution in [-0.2, 0) is 20.9 Å². The molecular formula is C22H18ClF2NO6S. The number of halogens is 3. The summed E-state index contributed by atoms with van der Waals surface area (Å²) >= 11 is 7.39. The number of ether oxygens (including phenoxy) is 3. The molecule has 0 saturated carbocycles. The molecule has 0 fully saturated rings. The van der Waals surface area contributed by atoms with Gasteiger partial charge < -0.3 is 19.9 Å². The van der Waals surface area contributed by atoms with Crippen LogP contribution in [0.15, 0.2) is 30.3 Å². The van der Waals surface area contributed by atoms with E-state index in [0.29, 0.717) is 15.1 Å². The second kappa shape index (κ2) is 10.6. The minimum Gasteiger partial charge on any atom is -0.483 e. The molecule has 0 aliphatic heterocycles. The molecule has 1 heterocycles. The topological polar surface area (TPSA) is 105 Å². The number of esters is 2. The number of fused-ring (bicyclic) bond motifs is 1. The van der Waals surface area contributed by atoms with Crippen molar-refractivity contribution in [3.8, 4) is 5.75 Å². The first-order valence-corrected chi connectivity index (χ1v) is 10.8. The van der Waals surface area contributed by atoms with Crippen molar-refractivity contribution in [1.82, 2.24) is 0 Å². The number of amides is 1. The van der Waals surface area contributed by atoms with Gasteiger partial charge in [0.15, 0.2) is 17.4 Å². The molecule has 7 nitrogen and oxygen atoms in total. The highest BCUT2D eigenvalue weighted by Crippen LogP contribution is 2.37. The average molecular weight is 498 g/mol. The van der Waals surface area contributed by atoms with Gasteiger partial charge in [-0.25, -0.2) is 13.6 Å². The molecule has 11 heteroatoms. The van der Waals surface area contributed by atoms with Gasteiger partial charge in [0.05, 0.1) is 13.7 Å². The second-order valence-electron chi connectivity index (χ2n) is 6.76. The molecule has 2 aromatic carbocycles. The summed E-state index contributed by atoms with van der Waals surface area (Å²) in [4.78, 5) is 35.2. The van der Waals surface area contributed by atoms with Gasteiger partial charge in [-0.1, -0.05) is 17.7 Å². The number of methoxy groups -OCH3 is 1. The first-order chi connectivity index (χ1) is 15.7. The van der Waals surface area contributed by atoms with Crippen molar-refractivity contribution in [2.45, 2.75) is 19.4 Å². The lowest BCUT2D eigenvalue weighted by Gasteiger charge is -2.11. The lowest BCUT2D eigenvalue weighted by Crippen LogP contribution is -2.13. The Kier molecular flexibility index (Phi) is 7.83. The first-order valence-electron chi connectivity index (χ1n) is 9.58. The van der Waals surface area contributed by atoms with Crippen molar-refractivity contribution in [3.63, 3.8) is 0 Å². The van der Waals surface area contributed by atoms with Crippen LogP contribution >= 0.6 is 22.9 Å². The van der Waals surface area contributed by atoms with Crippen molar-refractivity contribution in [2.24, 2.45) is 5.73 Å². The van der Waals surface area contributed by atoms with Gasteiger partial charge in [0.2, 0.25) is 5.91 Å². The number of hydrogen-bond donors (Lipinski definition) is 1. The van der Waals surface area contributed by atoms with Gasteiger partial charge in [0, 0.05) is 32.7 Å². The van der Waals surface area contributed by atoms with E-state index < -0.39 is 41.8 Å². The van der Waals surface area contributed by atoms with Gasteiger partial charge >= 0.3 is 11.9 Å². The summed E-state index contributed by atoms with van der Waals surface area (Å²) in [6.45, 7) is -0.436. The van der Waals surface area contributed by atoms with Crippen molar-refractivity contribution in [2.75, 3.05) is 13.7 Å². The Bertz CT molecular complexity index is 1210. The maximum atomic E-state index is 14.3. The smallest absolute Gasteiger partial charge is 0.348 e. The van der Waals surface area contributed by atoms with Crippen LogP contribution in [0.3, 0.4) is 0 Å². The maximum absolute atomic E-state index is 14.3. The molecule has 33 heavy (non-hydrogen) atoms. The number of benzene rings is 2. The molecule has 174 valence electrons. The highest BCUT2D eigenvalue weighted by molar-refractivity contribution is 7.21. The van der Waals surface area contributed by atoms with E-state index in [1.165, 1.54) is 7.11 Å². The molecule has 0 spiro atoms. The summed E-state index contributed by atoms with van der Waals surface area (Å²) in [7, 11) is 1.26. The third kappa shape index (κ3) is 5.58. The van der Waals surface area contributed by atoms with Gasteiger partial charge in [0.1, 0.15) is 11.5 Å². The van der Waals surface area contributed by atoms with Crippen molar-refractivity contribution in [3.05, 3.63) is 63.0 Å². The van der Waals surface area contributed by atoms with Crippen LogP contribution in [0.5, 0.6) is 5.75 Å². The molecule has 0 aliphatic carbocycles. The third-order valence-corrected chi connectivity index (χ3v) is 6.07. The lowest BCUT2D eigenvalue weighted by molar-refractivity contribution is -0.140. The van der Waals surface area contributed by atoms with Gasteiger partial charge in [-0.3, -0.25) is 9.59 Å². The van der Waals surface area contributed by atoms with Crippen LogP contribution in [0, 0.1) is 11.6 Å². The van der Waals surface area contributed by atoms with Crippen molar-refractivity contribution < 1.29 is 37.4 Å². The fourth-order valence-electron chi connectivity index (χ4n) is 3.00. The predicted octanol–water partition coefficient (Wildman–Crippen LogP) is 4.62. The first kappa shape index (κ1) is 24.4. The number of carbonyl (C=O) groups is 3. The molecule has 0 unspecified atom stereocenters.